The summed E-state index contributed by atoms with van der Waals surface area (Å²) in [4.78, 5) is 11.7. The molecule has 0 aliphatic heterocycles. The molecule has 0 saturated carbocycles. The minimum Gasteiger partial charge on any atom is -0.462 e. The lowest BCUT2D eigenvalue weighted by atomic mass is 10.2. The minimum absolute atomic E-state index is 0.296. The highest BCUT2D eigenvalue weighted by Gasteiger charge is 2.06. The molecule has 0 amide bonds. The number of esters is 1. The second kappa shape index (κ2) is 10.1. The fraction of sp³-hybridized carbons (Fsp3) is 0.467. The van der Waals surface area contributed by atoms with Gasteiger partial charge in [0.25, 0.3) is 0 Å². The number of thiocarbonyl (C=S) groups is 1. The zero-order valence-corrected chi connectivity index (χ0v) is 13.3. The van der Waals surface area contributed by atoms with E-state index in [1.165, 1.54) is 0 Å². The van der Waals surface area contributed by atoms with Crippen molar-refractivity contribution in [1.82, 2.24) is 5.32 Å². The van der Waals surface area contributed by atoms with Crippen molar-refractivity contribution < 1.29 is 14.3 Å². The van der Waals surface area contributed by atoms with Gasteiger partial charge in [-0.3, -0.25) is 0 Å². The van der Waals surface area contributed by atoms with E-state index < -0.39 is 0 Å². The van der Waals surface area contributed by atoms with Gasteiger partial charge in [-0.1, -0.05) is 13.3 Å². The second-order valence-corrected chi connectivity index (χ2v) is 4.85. The first-order valence-electron chi connectivity index (χ1n) is 6.98. The number of carbonyl (C=O) groups excluding carboxylic acids is 1. The van der Waals surface area contributed by atoms with E-state index in [9.17, 15) is 4.79 Å². The van der Waals surface area contributed by atoms with E-state index in [4.69, 9.17) is 21.7 Å². The Kier molecular flexibility index (Phi) is 8.38. The average Bonchev–Trinajstić information content (AvgIpc) is 2.48. The van der Waals surface area contributed by atoms with Gasteiger partial charge >= 0.3 is 5.97 Å². The molecule has 1 aromatic carbocycles. The zero-order valence-electron chi connectivity index (χ0n) is 12.5. The Morgan fingerprint density at radius 2 is 1.95 bits per heavy atom. The molecule has 0 atom stereocenters. The SMILES string of the molecule is CCCCOC(=O)c1ccc(NC(=S)NCCOC)cc1. The Morgan fingerprint density at radius 1 is 1.24 bits per heavy atom. The van der Waals surface area contributed by atoms with Crippen LogP contribution in [0.2, 0.25) is 0 Å². The van der Waals surface area contributed by atoms with Gasteiger partial charge in [-0.2, -0.15) is 0 Å². The fourth-order valence-electron chi connectivity index (χ4n) is 1.52. The number of ether oxygens (including phenoxy) is 2. The molecular weight excluding hydrogens is 288 g/mol. The van der Waals surface area contributed by atoms with Crippen molar-refractivity contribution in [3.05, 3.63) is 29.8 Å². The normalized spacial score (nSPS) is 10.0. The molecule has 0 aliphatic rings. The smallest absolute Gasteiger partial charge is 0.338 e. The topological polar surface area (TPSA) is 59.6 Å². The summed E-state index contributed by atoms with van der Waals surface area (Å²) in [6.07, 6.45) is 1.89. The fourth-order valence-corrected chi connectivity index (χ4v) is 1.74. The quantitative estimate of drug-likeness (QED) is 0.437. The molecule has 0 heterocycles. The van der Waals surface area contributed by atoms with Crippen LogP contribution >= 0.6 is 12.2 Å². The van der Waals surface area contributed by atoms with Crippen LogP contribution in [0.3, 0.4) is 0 Å². The summed E-state index contributed by atoms with van der Waals surface area (Å²) < 4.78 is 10.1. The summed E-state index contributed by atoms with van der Waals surface area (Å²) in [7, 11) is 1.64. The number of carbonyl (C=O) groups is 1. The van der Waals surface area contributed by atoms with E-state index in [1.54, 1.807) is 31.4 Å². The molecule has 0 aromatic heterocycles. The van der Waals surface area contributed by atoms with Gasteiger partial charge in [0, 0.05) is 19.3 Å². The maximum Gasteiger partial charge on any atom is 0.338 e. The molecule has 6 heteroatoms. The molecule has 116 valence electrons. The van der Waals surface area contributed by atoms with Crippen LogP contribution in [0.15, 0.2) is 24.3 Å². The highest BCUT2D eigenvalue weighted by Crippen LogP contribution is 2.10. The first kappa shape index (κ1) is 17.4. The molecule has 5 nitrogen and oxygen atoms in total. The van der Waals surface area contributed by atoms with Crippen molar-refractivity contribution in [2.75, 3.05) is 32.2 Å². The third-order valence-electron chi connectivity index (χ3n) is 2.70. The maximum atomic E-state index is 11.7. The monoisotopic (exact) mass is 310 g/mol. The standard InChI is InChI=1S/C15H22N2O3S/c1-3-4-10-20-14(18)12-5-7-13(8-6-12)17-15(21)16-9-11-19-2/h5-8H,3-4,9-11H2,1-2H3,(H2,16,17,21). The first-order valence-corrected chi connectivity index (χ1v) is 7.39. The van der Waals surface area contributed by atoms with E-state index in [1.807, 2.05) is 0 Å². The molecule has 0 radical (unpaired) electrons. The van der Waals surface area contributed by atoms with Gasteiger partial charge in [-0.15, -0.1) is 0 Å². The van der Waals surface area contributed by atoms with Crippen LogP contribution in [-0.4, -0.2) is 38.0 Å². The third-order valence-corrected chi connectivity index (χ3v) is 2.95. The molecule has 1 rings (SSSR count). The Balaban J connectivity index is 2.42. The molecule has 0 saturated heterocycles. The van der Waals surface area contributed by atoms with Gasteiger partial charge in [-0.05, 0) is 42.9 Å². The van der Waals surface area contributed by atoms with Crippen molar-refractivity contribution in [3.63, 3.8) is 0 Å². The molecule has 0 unspecified atom stereocenters. The van der Waals surface area contributed by atoms with Crippen LogP contribution in [0.1, 0.15) is 30.1 Å². The van der Waals surface area contributed by atoms with Crippen LogP contribution in [0.25, 0.3) is 0 Å². The van der Waals surface area contributed by atoms with Crippen LogP contribution in [-0.2, 0) is 9.47 Å². The summed E-state index contributed by atoms with van der Waals surface area (Å²) in [5.74, 6) is -0.296. The maximum absolute atomic E-state index is 11.7. The molecule has 2 N–H and O–H groups in total. The molecular formula is C15H22N2O3S. The number of methoxy groups -OCH3 is 1. The number of hydrogen-bond donors (Lipinski definition) is 2. The zero-order chi connectivity index (χ0) is 15.5. The summed E-state index contributed by atoms with van der Waals surface area (Å²) in [5, 5.41) is 6.56. The summed E-state index contributed by atoms with van der Waals surface area (Å²) >= 11 is 5.14. The first-order chi connectivity index (χ1) is 10.2. The Labute approximate surface area is 131 Å². The van der Waals surface area contributed by atoms with E-state index in [-0.39, 0.29) is 5.97 Å². The number of nitrogens with one attached hydrogen (secondary N) is 2. The number of anilines is 1. The van der Waals surface area contributed by atoms with Crippen LogP contribution in [0.4, 0.5) is 5.69 Å². The Bertz CT molecular complexity index is 449. The van der Waals surface area contributed by atoms with Gasteiger partial charge < -0.3 is 20.1 Å². The minimum atomic E-state index is -0.296. The molecule has 21 heavy (non-hydrogen) atoms. The molecule has 0 bridgehead atoms. The van der Waals surface area contributed by atoms with E-state index in [0.29, 0.717) is 30.4 Å². The van der Waals surface area contributed by atoms with Gasteiger partial charge in [-0.25, -0.2) is 4.79 Å². The average molecular weight is 310 g/mol. The highest BCUT2D eigenvalue weighted by atomic mass is 32.1. The van der Waals surface area contributed by atoms with E-state index >= 15 is 0 Å². The van der Waals surface area contributed by atoms with Crippen LogP contribution in [0, 0.1) is 0 Å². The predicted molar refractivity (Wildman–Crippen MR) is 87.7 cm³/mol. The Morgan fingerprint density at radius 3 is 2.57 bits per heavy atom. The lowest BCUT2D eigenvalue weighted by Crippen LogP contribution is -2.31. The number of benzene rings is 1. The lowest BCUT2D eigenvalue weighted by molar-refractivity contribution is 0.0500. The Hall–Kier alpha value is -1.66. The van der Waals surface area contributed by atoms with E-state index in [2.05, 4.69) is 17.6 Å². The van der Waals surface area contributed by atoms with Crippen molar-refractivity contribution in [1.29, 1.82) is 0 Å². The second-order valence-electron chi connectivity index (χ2n) is 4.44. The van der Waals surface area contributed by atoms with Crippen LogP contribution in [0.5, 0.6) is 0 Å². The van der Waals surface area contributed by atoms with Crippen molar-refractivity contribution in [2.45, 2.75) is 19.8 Å². The summed E-state index contributed by atoms with van der Waals surface area (Å²) in [5.41, 5.74) is 1.35. The van der Waals surface area contributed by atoms with Gasteiger partial charge in [0.2, 0.25) is 0 Å². The third kappa shape index (κ3) is 7.06. The summed E-state index contributed by atoms with van der Waals surface area (Å²) in [6.45, 7) is 3.75. The lowest BCUT2D eigenvalue weighted by Gasteiger charge is -2.10. The van der Waals surface area contributed by atoms with E-state index in [0.717, 1.165) is 18.5 Å². The largest absolute Gasteiger partial charge is 0.462 e. The number of hydrogen-bond acceptors (Lipinski definition) is 4. The van der Waals surface area contributed by atoms with Gasteiger partial charge in [0.05, 0.1) is 18.8 Å². The predicted octanol–water partition coefficient (Wildman–Crippen LogP) is 2.58. The van der Waals surface area contributed by atoms with Gasteiger partial charge in [0.15, 0.2) is 5.11 Å². The van der Waals surface area contributed by atoms with Crippen molar-refractivity contribution in [2.24, 2.45) is 0 Å². The number of unbranched alkanes of at least 4 members (excludes halogenated alkanes) is 1. The highest BCUT2D eigenvalue weighted by molar-refractivity contribution is 7.80. The van der Waals surface area contributed by atoms with Crippen molar-refractivity contribution >= 4 is 29.0 Å². The molecule has 0 spiro atoms. The van der Waals surface area contributed by atoms with Gasteiger partial charge in [0.1, 0.15) is 0 Å². The molecule has 0 fully saturated rings. The molecule has 1 aromatic rings. The summed E-state index contributed by atoms with van der Waals surface area (Å²) in [6, 6.07) is 7.02. The van der Waals surface area contributed by atoms with Crippen LogP contribution < -0.4 is 10.6 Å². The van der Waals surface area contributed by atoms with Crippen molar-refractivity contribution in [3.8, 4) is 0 Å². The molecule has 0 aliphatic carbocycles. The number of rotatable bonds is 8.